The first kappa shape index (κ1) is 9.27. The number of hydrogen-bond donors (Lipinski definition) is 1. The van der Waals surface area contributed by atoms with Crippen LogP contribution in [0.4, 0.5) is 5.69 Å². The number of benzene rings is 1. The Morgan fingerprint density at radius 2 is 1.86 bits per heavy atom. The van der Waals surface area contributed by atoms with E-state index in [1.165, 1.54) is 0 Å². The lowest BCUT2D eigenvalue weighted by Gasteiger charge is -2.09. The van der Waals surface area contributed by atoms with E-state index >= 15 is 0 Å². The molecule has 0 saturated heterocycles. The topological polar surface area (TPSA) is 30.5 Å². The Labute approximate surface area is 88.0 Å². The number of rotatable bonds is 2. The third kappa shape index (κ3) is 1.42. The first-order valence-electron chi connectivity index (χ1n) is 4.29. The van der Waals surface area contributed by atoms with Gasteiger partial charge in [0.05, 0.1) is 19.2 Å². The van der Waals surface area contributed by atoms with Gasteiger partial charge in [0.2, 0.25) is 0 Å². The predicted molar refractivity (Wildman–Crippen MR) is 59.5 cm³/mol. The molecule has 0 saturated carbocycles. The summed E-state index contributed by atoms with van der Waals surface area (Å²) in [6.07, 6.45) is 0.783. The Kier molecular flexibility index (Phi) is 2.29. The second kappa shape index (κ2) is 3.46. The monoisotopic (exact) mass is 209 g/mol. The average molecular weight is 209 g/mol. The highest BCUT2D eigenvalue weighted by atomic mass is 32.1. The second-order valence-corrected chi connectivity index (χ2v) is 3.58. The summed E-state index contributed by atoms with van der Waals surface area (Å²) in [5.74, 6) is 1.47. The molecule has 0 radical (unpaired) electrons. The minimum atomic E-state index is 0.725. The summed E-state index contributed by atoms with van der Waals surface area (Å²) in [5, 5.41) is 3.12. The molecule has 0 aliphatic carbocycles. The number of methoxy groups -OCH3 is 2. The second-order valence-electron chi connectivity index (χ2n) is 3.09. The van der Waals surface area contributed by atoms with Crippen LogP contribution >= 0.6 is 12.2 Å². The van der Waals surface area contributed by atoms with Gasteiger partial charge in [0, 0.05) is 18.2 Å². The molecule has 1 heterocycles. The summed E-state index contributed by atoms with van der Waals surface area (Å²) in [6.45, 7) is 0. The zero-order chi connectivity index (χ0) is 10.1. The van der Waals surface area contributed by atoms with Gasteiger partial charge < -0.3 is 14.8 Å². The van der Waals surface area contributed by atoms with Crippen LogP contribution in [-0.4, -0.2) is 19.2 Å². The molecule has 0 amide bonds. The number of fused-ring (bicyclic) bond motifs is 1. The summed E-state index contributed by atoms with van der Waals surface area (Å²) in [4.78, 5) is 0.843. The van der Waals surface area contributed by atoms with Crippen LogP contribution in [0.5, 0.6) is 11.5 Å². The maximum absolute atomic E-state index is 5.20. The van der Waals surface area contributed by atoms with E-state index in [-0.39, 0.29) is 0 Å². The van der Waals surface area contributed by atoms with Crippen molar-refractivity contribution in [3.05, 3.63) is 17.7 Å². The fraction of sp³-hybridized carbons (Fsp3) is 0.300. The summed E-state index contributed by atoms with van der Waals surface area (Å²) in [6, 6.07) is 3.87. The number of thiocarbonyl (C=S) groups is 1. The molecule has 1 N–H and O–H groups in total. The Balaban J connectivity index is 2.48. The van der Waals surface area contributed by atoms with E-state index in [4.69, 9.17) is 21.7 Å². The fourth-order valence-corrected chi connectivity index (χ4v) is 1.82. The zero-order valence-corrected chi connectivity index (χ0v) is 8.90. The van der Waals surface area contributed by atoms with E-state index in [1.54, 1.807) is 14.2 Å². The third-order valence-corrected chi connectivity index (χ3v) is 2.48. The molecule has 0 bridgehead atoms. The summed E-state index contributed by atoms with van der Waals surface area (Å²) >= 11 is 5.09. The molecule has 3 nitrogen and oxygen atoms in total. The molecule has 1 aromatic carbocycles. The Morgan fingerprint density at radius 3 is 2.50 bits per heavy atom. The van der Waals surface area contributed by atoms with E-state index in [9.17, 15) is 0 Å². The molecule has 4 heteroatoms. The minimum Gasteiger partial charge on any atom is -0.493 e. The number of ether oxygens (including phenoxy) is 2. The van der Waals surface area contributed by atoms with E-state index in [0.29, 0.717) is 0 Å². The molecule has 14 heavy (non-hydrogen) atoms. The van der Waals surface area contributed by atoms with E-state index in [2.05, 4.69) is 5.32 Å². The van der Waals surface area contributed by atoms with Crippen molar-refractivity contribution in [3.63, 3.8) is 0 Å². The normalized spacial score (nSPS) is 13.4. The van der Waals surface area contributed by atoms with Gasteiger partial charge in [0.1, 0.15) is 0 Å². The van der Waals surface area contributed by atoms with Gasteiger partial charge in [-0.3, -0.25) is 0 Å². The van der Waals surface area contributed by atoms with Crippen molar-refractivity contribution in [2.45, 2.75) is 6.42 Å². The maximum atomic E-state index is 5.20. The lowest BCUT2D eigenvalue weighted by Crippen LogP contribution is -2.00. The van der Waals surface area contributed by atoms with Crippen LogP contribution in [0.1, 0.15) is 5.56 Å². The first-order valence-corrected chi connectivity index (χ1v) is 4.70. The maximum Gasteiger partial charge on any atom is 0.162 e. The molecule has 1 aliphatic heterocycles. The van der Waals surface area contributed by atoms with Gasteiger partial charge in [-0.1, -0.05) is 12.2 Å². The van der Waals surface area contributed by atoms with Crippen molar-refractivity contribution < 1.29 is 9.47 Å². The summed E-state index contributed by atoms with van der Waals surface area (Å²) in [5.41, 5.74) is 2.18. The predicted octanol–water partition coefficient (Wildman–Crippen LogP) is 2.00. The highest BCUT2D eigenvalue weighted by Crippen LogP contribution is 2.36. The van der Waals surface area contributed by atoms with Gasteiger partial charge in [-0.15, -0.1) is 0 Å². The molecule has 2 rings (SSSR count). The van der Waals surface area contributed by atoms with Crippen molar-refractivity contribution in [1.82, 2.24) is 0 Å². The van der Waals surface area contributed by atoms with Gasteiger partial charge in [0.15, 0.2) is 11.5 Å². The number of anilines is 1. The smallest absolute Gasteiger partial charge is 0.162 e. The van der Waals surface area contributed by atoms with Gasteiger partial charge in [-0.25, -0.2) is 0 Å². The van der Waals surface area contributed by atoms with Crippen LogP contribution in [-0.2, 0) is 6.42 Å². The van der Waals surface area contributed by atoms with Crippen LogP contribution < -0.4 is 14.8 Å². The zero-order valence-electron chi connectivity index (χ0n) is 8.09. The molecule has 0 aromatic heterocycles. The molecule has 1 aliphatic rings. The molecule has 74 valence electrons. The Bertz CT molecular complexity index is 355. The molecule has 0 unspecified atom stereocenters. The van der Waals surface area contributed by atoms with E-state index in [1.807, 2.05) is 12.1 Å². The third-order valence-electron chi connectivity index (χ3n) is 2.23. The summed E-state index contributed by atoms with van der Waals surface area (Å²) in [7, 11) is 3.25. The Morgan fingerprint density at radius 1 is 1.21 bits per heavy atom. The van der Waals surface area contributed by atoms with Gasteiger partial charge in [-0.2, -0.15) is 0 Å². The SMILES string of the molecule is COc1cc2c(cc1OC)NC(=S)C2. The Hall–Kier alpha value is -1.29. The standard InChI is InChI=1S/C10H11NO2S/c1-12-8-3-6-4-10(14)11-7(6)5-9(8)13-2/h3,5H,4H2,1-2H3,(H,11,14). The highest BCUT2D eigenvalue weighted by Gasteiger charge is 2.18. The van der Waals surface area contributed by atoms with E-state index in [0.717, 1.165) is 34.2 Å². The fourth-order valence-electron chi connectivity index (χ4n) is 1.55. The highest BCUT2D eigenvalue weighted by molar-refractivity contribution is 7.80. The molecular weight excluding hydrogens is 198 g/mol. The molecule has 0 atom stereocenters. The van der Waals surface area contributed by atoms with Gasteiger partial charge in [-0.05, 0) is 11.6 Å². The van der Waals surface area contributed by atoms with Crippen molar-refractivity contribution in [3.8, 4) is 11.5 Å². The van der Waals surface area contributed by atoms with Crippen LogP contribution in [0, 0.1) is 0 Å². The molecule has 0 spiro atoms. The van der Waals surface area contributed by atoms with Crippen LogP contribution in [0.25, 0.3) is 0 Å². The number of hydrogen-bond acceptors (Lipinski definition) is 3. The number of nitrogens with one attached hydrogen (secondary N) is 1. The van der Waals surface area contributed by atoms with Crippen LogP contribution in [0.2, 0.25) is 0 Å². The van der Waals surface area contributed by atoms with Crippen LogP contribution in [0.15, 0.2) is 12.1 Å². The summed E-state index contributed by atoms with van der Waals surface area (Å²) < 4.78 is 10.4. The quantitative estimate of drug-likeness (QED) is 0.755. The first-order chi connectivity index (χ1) is 6.74. The van der Waals surface area contributed by atoms with Crippen molar-refractivity contribution in [2.24, 2.45) is 0 Å². The molecule has 1 aromatic rings. The van der Waals surface area contributed by atoms with Crippen molar-refractivity contribution in [1.29, 1.82) is 0 Å². The molecular formula is C10H11NO2S. The van der Waals surface area contributed by atoms with E-state index < -0.39 is 0 Å². The lowest BCUT2D eigenvalue weighted by atomic mass is 10.1. The van der Waals surface area contributed by atoms with Gasteiger partial charge >= 0.3 is 0 Å². The van der Waals surface area contributed by atoms with Gasteiger partial charge in [0.25, 0.3) is 0 Å². The van der Waals surface area contributed by atoms with Crippen molar-refractivity contribution >= 4 is 22.9 Å². The van der Waals surface area contributed by atoms with Crippen molar-refractivity contribution in [2.75, 3.05) is 19.5 Å². The minimum absolute atomic E-state index is 0.725. The lowest BCUT2D eigenvalue weighted by molar-refractivity contribution is 0.355. The van der Waals surface area contributed by atoms with Crippen LogP contribution in [0.3, 0.4) is 0 Å². The molecule has 0 fully saturated rings. The average Bonchev–Trinajstić information content (AvgIpc) is 2.54. The largest absolute Gasteiger partial charge is 0.493 e.